The Morgan fingerprint density at radius 2 is 2.14 bits per heavy atom. The maximum Gasteiger partial charge on any atom is 0.419 e. The van der Waals surface area contributed by atoms with Gasteiger partial charge < -0.3 is 20.7 Å². The first kappa shape index (κ1) is 21.8. The second-order valence-corrected chi connectivity index (χ2v) is 6.70. The highest BCUT2D eigenvalue weighted by Gasteiger charge is 2.34. The normalized spacial score (nSPS) is 18.1. The molecule has 0 bridgehead atoms. The Labute approximate surface area is 162 Å². The summed E-state index contributed by atoms with van der Waals surface area (Å²) < 4.78 is 44.3. The second-order valence-electron chi connectivity index (χ2n) is 6.70. The van der Waals surface area contributed by atoms with Crippen LogP contribution in [0.3, 0.4) is 0 Å². The number of carbonyl (C=O) groups excluding carboxylic acids is 1. The monoisotopic (exact) mass is 400 g/mol. The van der Waals surface area contributed by atoms with Crippen LogP contribution in [0.15, 0.2) is 29.3 Å². The van der Waals surface area contributed by atoms with Gasteiger partial charge in [0, 0.05) is 26.1 Å². The number of carbonyl (C=O) groups is 1. The molecule has 1 aliphatic rings. The fourth-order valence-corrected chi connectivity index (χ4v) is 3.27. The zero-order valence-electron chi connectivity index (χ0n) is 16.0. The van der Waals surface area contributed by atoms with Crippen molar-refractivity contribution in [2.24, 2.45) is 16.6 Å². The molecular formula is C19H27F3N4O2. The topological polar surface area (TPSA) is 80.0 Å². The molecule has 1 aliphatic heterocycles. The van der Waals surface area contributed by atoms with E-state index < -0.39 is 11.7 Å². The van der Waals surface area contributed by atoms with Gasteiger partial charge in [-0.3, -0.25) is 4.79 Å². The number of para-hydroxylation sites is 1. The lowest BCUT2D eigenvalue weighted by Gasteiger charge is -2.34. The van der Waals surface area contributed by atoms with Crippen molar-refractivity contribution in [1.82, 2.24) is 10.2 Å². The number of hydrogen-bond donors (Lipinski definition) is 2. The number of likely N-dealkylation sites (tertiary alicyclic amines) is 1. The van der Waals surface area contributed by atoms with Crippen molar-refractivity contribution in [3.05, 3.63) is 29.8 Å². The van der Waals surface area contributed by atoms with E-state index in [-0.39, 0.29) is 30.7 Å². The number of halogens is 3. The van der Waals surface area contributed by atoms with E-state index in [9.17, 15) is 18.0 Å². The second kappa shape index (κ2) is 10.2. The molecule has 1 unspecified atom stereocenters. The first-order valence-corrected chi connectivity index (χ1v) is 9.41. The molecule has 2 rings (SSSR count). The fraction of sp³-hybridized carbons (Fsp3) is 0.579. The first-order chi connectivity index (χ1) is 13.3. The minimum atomic E-state index is -4.46. The molecule has 3 N–H and O–H groups in total. The molecule has 1 fully saturated rings. The van der Waals surface area contributed by atoms with Crippen molar-refractivity contribution < 1.29 is 22.7 Å². The third-order valence-corrected chi connectivity index (χ3v) is 4.45. The Morgan fingerprint density at radius 1 is 1.39 bits per heavy atom. The van der Waals surface area contributed by atoms with Crippen LogP contribution >= 0.6 is 0 Å². The van der Waals surface area contributed by atoms with Gasteiger partial charge in [-0.25, -0.2) is 4.99 Å². The van der Waals surface area contributed by atoms with Crippen molar-refractivity contribution in [1.29, 1.82) is 0 Å². The zero-order valence-corrected chi connectivity index (χ0v) is 16.0. The van der Waals surface area contributed by atoms with Crippen LogP contribution < -0.4 is 15.8 Å². The van der Waals surface area contributed by atoms with Crippen LogP contribution in [-0.4, -0.2) is 49.6 Å². The van der Waals surface area contributed by atoms with Crippen LogP contribution in [0.1, 0.15) is 31.7 Å². The number of alkyl halides is 3. The molecule has 1 heterocycles. The first-order valence-electron chi connectivity index (χ1n) is 9.41. The third-order valence-electron chi connectivity index (χ3n) is 4.45. The van der Waals surface area contributed by atoms with Gasteiger partial charge >= 0.3 is 6.18 Å². The number of primary amides is 1. The average molecular weight is 400 g/mol. The molecule has 0 spiro atoms. The van der Waals surface area contributed by atoms with E-state index in [0.29, 0.717) is 25.5 Å². The Hall–Kier alpha value is -2.45. The highest BCUT2D eigenvalue weighted by Crippen LogP contribution is 2.35. The van der Waals surface area contributed by atoms with E-state index in [1.165, 1.54) is 18.2 Å². The molecule has 0 saturated carbocycles. The Morgan fingerprint density at radius 3 is 2.82 bits per heavy atom. The Balaban J connectivity index is 1.95. The molecule has 28 heavy (non-hydrogen) atoms. The number of piperidine rings is 1. The third kappa shape index (κ3) is 6.61. The predicted octanol–water partition coefficient (Wildman–Crippen LogP) is 2.64. The maximum absolute atomic E-state index is 13.0. The number of guanidine groups is 1. The van der Waals surface area contributed by atoms with E-state index in [4.69, 9.17) is 10.5 Å². The van der Waals surface area contributed by atoms with Crippen LogP contribution in [0.5, 0.6) is 5.75 Å². The van der Waals surface area contributed by atoms with Gasteiger partial charge in [0.25, 0.3) is 0 Å². The van der Waals surface area contributed by atoms with Gasteiger partial charge in [0.2, 0.25) is 5.91 Å². The highest BCUT2D eigenvalue weighted by atomic mass is 19.4. The summed E-state index contributed by atoms with van der Waals surface area (Å²) in [6.45, 7) is 4.32. The van der Waals surface area contributed by atoms with Crippen LogP contribution in [0.4, 0.5) is 13.2 Å². The Kier molecular flexibility index (Phi) is 7.95. The molecular weight excluding hydrogens is 373 g/mol. The molecule has 0 radical (unpaired) electrons. The molecule has 1 atom stereocenters. The van der Waals surface area contributed by atoms with Gasteiger partial charge in [-0.2, -0.15) is 13.2 Å². The maximum atomic E-state index is 13.0. The standard InChI is InChI=1S/C19H27F3N4O2/c1-2-24-18(26-10-5-6-14(13-26)12-17(23)27)25-9-11-28-16-8-4-3-7-15(16)19(20,21)22/h3-4,7-8,14H,2,5-6,9-13H2,1H3,(H2,23,27)(H,24,25). The summed E-state index contributed by atoms with van der Waals surface area (Å²) in [5, 5.41) is 3.18. The van der Waals surface area contributed by atoms with Crippen molar-refractivity contribution in [3.8, 4) is 5.75 Å². The number of nitrogens with two attached hydrogens (primary N) is 1. The molecule has 6 nitrogen and oxygen atoms in total. The van der Waals surface area contributed by atoms with Gasteiger partial charge in [-0.05, 0) is 37.8 Å². The number of benzene rings is 1. The summed E-state index contributed by atoms with van der Waals surface area (Å²) in [5.41, 5.74) is 4.50. The lowest BCUT2D eigenvalue weighted by atomic mass is 9.95. The van der Waals surface area contributed by atoms with E-state index in [0.717, 1.165) is 25.5 Å². The summed E-state index contributed by atoms with van der Waals surface area (Å²) in [6.07, 6.45) is -2.25. The van der Waals surface area contributed by atoms with Crippen molar-refractivity contribution >= 4 is 11.9 Å². The fourth-order valence-electron chi connectivity index (χ4n) is 3.27. The molecule has 156 valence electrons. The quantitative estimate of drug-likeness (QED) is 0.419. The van der Waals surface area contributed by atoms with E-state index in [1.54, 1.807) is 0 Å². The van der Waals surface area contributed by atoms with Crippen LogP contribution in [-0.2, 0) is 11.0 Å². The Bertz CT molecular complexity index is 679. The van der Waals surface area contributed by atoms with Gasteiger partial charge in [-0.15, -0.1) is 0 Å². The number of nitrogens with zero attached hydrogens (tertiary/aromatic N) is 2. The number of rotatable bonds is 7. The van der Waals surface area contributed by atoms with Crippen LogP contribution in [0.25, 0.3) is 0 Å². The number of ether oxygens (including phenoxy) is 1. The van der Waals surface area contributed by atoms with Gasteiger partial charge in [0.1, 0.15) is 12.4 Å². The molecule has 1 saturated heterocycles. The summed E-state index contributed by atoms with van der Waals surface area (Å²) >= 11 is 0. The van der Waals surface area contributed by atoms with Crippen molar-refractivity contribution in [2.75, 3.05) is 32.8 Å². The van der Waals surface area contributed by atoms with Crippen LogP contribution in [0.2, 0.25) is 0 Å². The highest BCUT2D eigenvalue weighted by molar-refractivity contribution is 5.80. The minimum Gasteiger partial charge on any atom is -0.491 e. The van der Waals surface area contributed by atoms with Gasteiger partial charge in [-0.1, -0.05) is 12.1 Å². The minimum absolute atomic E-state index is 0.0283. The average Bonchev–Trinajstić information content (AvgIpc) is 2.63. The molecule has 1 aromatic carbocycles. The molecule has 0 aromatic heterocycles. The SMILES string of the molecule is CCNC(=NCCOc1ccccc1C(F)(F)F)N1CCCC(CC(N)=O)C1. The van der Waals surface area contributed by atoms with E-state index >= 15 is 0 Å². The number of amides is 1. The zero-order chi connectivity index (χ0) is 20.6. The van der Waals surface area contributed by atoms with Gasteiger partial charge in [0.05, 0.1) is 12.1 Å². The summed E-state index contributed by atoms with van der Waals surface area (Å²) in [6, 6.07) is 5.13. The molecule has 0 aliphatic carbocycles. The number of hydrogen-bond acceptors (Lipinski definition) is 3. The smallest absolute Gasteiger partial charge is 0.419 e. The van der Waals surface area contributed by atoms with Gasteiger partial charge in [0.15, 0.2) is 5.96 Å². The van der Waals surface area contributed by atoms with Crippen molar-refractivity contribution in [2.45, 2.75) is 32.4 Å². The number of nitrogens with one attached hydrogen (secondary N) is 1. The van der Waals surface area contributed by atoms with Crippen LogP contribution in [0, 0.1) is 5.92 Å². The van der Waals surface area contributed by atoms with Crippen molar-refractivity contribution in [3.63, 3.8) is 0 Å². The van der Waals surface area contributed by atoms with E-state index in [2.05, 4.69) is 15.2 Å². The summed E-state index contributed by atoms with van der Waals surface area (Å²) in [5.74, 6) is 0.342. The molecule has 9 heteroatoms. The lowest BCUT2D eigenvalue weighted by molar-refractivity contribution is -0.139. The largest absolute Gasteiger partial charge is 0.491 e. The molecule has 1 aromatic rings. The summed E-state index contributed by atoms with van der Waals surface area (Å²) in [7, 11) is 0. The summed E-state index contributed by atoms with van der Waals surface area (Å²) in [4.78, 5) is 17.7. The van der Waals surface area contributed by atoms with E-state index in [1.807, 2.05) is 6.92 Å². The predicted molar refractivity (Wildman–Crippen MR) is 101 cm³/mol. The number of aliphatic imine (C=N–C) groups is 1. The molecule has 1 amide bonds. The lowest BCUT2D eigenvalue weighted by Crippen LogP contribution is -2.47.